The van der Waals surface area contributed by atoms with Gasteiger partial charge in [-0.25, -0.2) is 0 Å². The van der Waals surface area contributed by atoms with E-state index in [9.17, 15) is 0 Å². The zero-order valence-corrected chi connectivity index (χ0v) is 6.52. The minimum atomic E-state index is 0.542. The van der Waals surface area contributed by atoms with Gasteiger partial charge in [0.05, 0.1) is 0 Å². The molecule has 0 aromatic rings. The summed E-state index contributed by atoms with van der Waals surface area (Å²) in [5, 5.41) is 0. The molecule has 4 N–H and O–H groups in total. The van der Waals surface area contributed by atoms with E-state index in [0.717, 1.165) is 11.3 Å². The summed E-state index contributed by atoms with van der Waals surface area (Å²) in [4.78, 5) is 0. The Hall–Kier alpha value is -1.18. The Balaban J connectivity index is 4.16. The van der Waals surface area contributed by atoms with Crippen LogP contribution in [0, 0.1) is 0 Å². The minimum Gasteiger partial charge on any atom is -0.402 e. The molecule has 0 unspecified atom stereocenters. The second-order valence-corrected chi connectivity index (χ2v) is 2.27. The van der Waals surface area contributed by atoms with Crippen molar-refractivity contribution in [1.82, 2.24) is 0 Å². The molecular weight excluding hydrogens is 124 g/mol. The summed E-state index contributed by atoms with van der Waals surface area (Å²) >= 11 is 0. The molecular formula is C8H14N2. The molecule has 0 atom stereocenters. The monoisotopic (exact) mass is 138 g/mol. The van der Waals surface area contributed by atoms with E-state index in [4.69, 9.17) is 11.5 Å². The maximum atomic E-state index is 5.48. The SMILES string of the molecule is C=C(N)/C=C\C(C)=C(/C)N. The molecule has 0 spiro atoms. The maximum absolute atomic E-state index is 5.48. The van der Waals surface area contributed by atoms with Crippen LogP contribution < -0.4 is 11.5 Å². The lowest BCUT2D eigenvalue weighted by Crippen LogP contribution is -1.94. The first-order valence-corrected chi connectivity index (χ1v) is 3.09. The summed E-state index contributed by atoms with van der Waals surface area (Å²) in [5.41, 5.74) is 13.1. The quantitative estimate of drug-likeness (QED) is 0.564. The molecule has 0 aromatic heterocycles. The van der Waals surface area contributed by atoms with Gasteiger partial charge in [-0.15, -0.1) is 0 Å². The van der Waals surface area contributed by atoms with Crippen LogP contribution in [0.5, 0.6) is 0 Å². The van der Waals surface area contributed by atoms with E-state index in [1.54, 1.807) is 6.08 Å². The second kappa shape index (κ2) is 3.77. The Morgan fingerprint density at radius 2 is 1.70 bits per heavy atom. The molecule has 0 rings (SSSR count). The lowest BCUT2D eigenvalue weighted by atomic mass is 10.2. The number of allylic oxidation sites excluding steroid dienone is 4. The first-order chi connectivity index (χ1) is 4.54. The Morgan fingerprint density at radius 1 is 1.20 bits per heavy atom. The highest BCUT2D eigenvalue weighted by Crippen LogP contribution is 1.99. The van der Waals surface area contributed by atoms with Crippen molar-refractivity contribution in [3.63, 3.8) is 0 Å². The Labute approximate surface area is 61.9 Å². The van der Waals surface area contributed by atoms with Crippen molar-refractivity contribution in [1.29, 1.82) is 0 Å². The zero-order valence-electron chi connectivity index (χ0n) is 6.52. The largest absolute Gasteiger partial charge is 0.402 e. The molecule has 0 fully saturated rings. The molecule has 0 aliphatic heterocycles. The minimum absolute atomic E-state index is 0.542. The summed E-state index contributed by atoms with van der Waals surface area (Å²) < 4.78 is 0. The highest BCUT2D eigenvalue weighted by Gasteiger charge is 1.84. The van der Waals surface area contributed by atoms with Gasteiger partial charge in [0.25, 0.3) is 0 Å². The van der Waals surface area contributed by atoms with Crippen molar-refractivity contribution >= 4 is 0 Å². The van der Waals surface area contributed by atoms with Crippen LogP contribution >= 0.6 is 0 Å². The van der Waals surface area contributed by atoms with Crippen LogP contribution in [0.15, 0.2) is 35.7 Å². The third-order valence-corrected chi connectivity index (χ3v) is 1.17. The van der Waals surface area contributed by atoms with Gasteiger partial charge in [0.1, 0.15) is 0 Å². The van der Waals surface area contributed by atoms with Gasteiger partial charge in [-0.05, 0) is 25.5 Å². The lowest BCUT2D eigenvalue weighted by molar-refractivity contribution is 1.24. The summed E-state index contributed by atoms with van der Waals surface area (Å²) in [6.07, 6.45) is 3.57. The number of rotatable bonds is 2. The van der Waals surface area contributed by atoms with Gasteiger partial charge in [-0.1, -0.05) is 12.7 Å². The van der Waals surface area contributed by atoms with E-state index >= 15 is 0 Å². The van der Waals surface area contributed by atoms with Gasteiger partial charge in [-0.2, -0.15) is 0 Å². The van der Waals surface area contributed by atoms with E-state index in [1.165, 1.54) is 0 Å². The van der Waals surface area contributed by atoms with Crippen LogP contribution in [0.25, 0.3) is 0 Å². The van der Waals surface area contributed by atoms with Crippen molar-refractivity contribution in [2.45, 2.75) is 13.8 Å². The molecule has 0 radical (unpaired) electrons. The molecule has 56 valence electrons. The van der Waals surface area contributed by atoms with Crippen LogP contribution in [-0.2, 0) is 0 Å². The predicted octanol–water partition coefficient (Wildman–Crippen LogP) is 1.27. The van der Waals surface area contributed by atoms with Crippen LogP contribution in [0.2, 0.25) is 0 Å². The smallest absolute Gasteiger partial charge is 0.0241 e. The van der Waals surface area contributed by atoms with E-state index in [1.807, 2.05) is 19.9 Å². The number of hydrogen-bond donors (Lipinski definition) is 2. The fourth-order valence-electron chi connectivity index (χ4n) is 0.363. The average Bonchev–Trinajstić information content (AvgIpc) is 1.82. The predicted molar refractivity (Wildman–Crippen MR) is 45.0 cm³/mol. The normalized spacial score (nSPS) is 13.4. The molecule has 0 aromatic carbocycles. The third kappa shape index (κ3) is 3.78. The topological polar surface area (TPSA) is 52.0 Å². The van der Waals surface area contributed by atoms with E-state index < -0.39 is 0 Å². The van der Waals surface area contributed by atoms with Gasteiger partial charge >= 0.3 is 0 Å². The average molecular weight is 138 g/mol. The summed E-state index contributed by atoms with van der Waals surface area (Å²) in [6, 6.07) is 0. The molecule has 0 bridgehead atoms. The Morgan fingerprint density at radius 3 is 2.00 bits per heavy atom. The van der Waals surface area contributed by atoms with Crippen molar-refractivity contribution in [3.05, 3.63) is 35.7 Å². The van der Waals surface area contributed by atoms with Gasteiger partial charge in [0, 0.05) is 11.4 Å². The standard InChI is InChI=1S/C8H14N2/c1-6(8(3)10)4-5-7(2)9/h4-5H,2,9-10H2,1,3H3/b5-4-,8-6+. The molecule has 10 heavy (non-hydrogen) atoms. The first kappa shape index (κ1) is 8.82. The Kier molecular flexibility index (Phi) is 3.33. The molecule has 0 amide bonds. The van der Waals surface area contributed by atoms with Gasteiger partial charge in [0.15, 0.2) is 0 Å². The third-order valence-electron chi connectivity index (χ3n) is 1.17. The van der Waals surface area contributed by atoms with Crippen molar-refractivity contribution < 1.29 is 0 Å². The molecule has 0 aliphatic carbocycles. The van der Waals surface area contributed by atoms with Crippen LogP contribution in [-0.4, -0.2) is 0 Å². The summed E-state index contributed by atoms with van der Waals surface area (Å²) in [5.74, 6) is 0. The second-order valence-electron chi connectivity index (χ2n) is 2.27. The fourth-order valence-corrected chi connectivity index (χ4v) is 0.363. The molecule has 0 aliphatic rings. The molecule has 0 heterocycles. The fraction of sp³-hybridized carbons (Fsp3) is 0.250. The lowest BCUT2D eigenvalue weighted by Gasteiger charge is -1.94. The Bertz CT molecular complexity index is 183. The van der Waals surface area contributed by atoms with Crippen LogP contribution in [0.3, 0.4) is 0 Å². The molecule has 2 nitrogen and oxygen atoms in total. The molecule has 2 heteroatoms. The van der Waals surface area contributed by atoms with E-state index in [0.29, 0.717) is 5.70 Å². The van der Waals surface area contributed by atoms with Gasteiger partial charge in [0.2, 0.25) is 0 Å². The number of nitrogens with two attached hydrogens (primary N) is 2. The van der Waals surface area contributed by atoms with Crippen LogP contribution in [0.4, 0.5) is 0 Å². The van der Waals surface area contributed by atoms with Gasteiger partial charge < -0.3 is 11.5 Å². The number of hydrogen-bond acceptors (Lipinski definition) is 2. The summed E-state index contributed by atoms with van der Waals surface area (Å²) in [7, 11) is 0. The van der Waals surface area contributed by atoms with Gasteiger partial charge in [-0.3, -0.25) is 0 Å². The zero-order chi connectivity index (χ0) is 8.15. The summed E-state index contributed by atoms with van der Waals surface area (Å²) in [6.45, 7) is 7.29. The van der Waals surface area contributed by atoms with Crippen LogP contribution in [0.1, 0.15) is 13.8 Å². The van der Waals surface area contributed by atoms with Crippen molar-refractivity contribution in [2.24, 2.45) is 11.5 Å². The highest BCUT2D eigenvalue weighted by atomic mass is 14.6. The molecule has 0 saturated heterocycles. The van der Waals surface area contributed by atoms with E-state index in [-0.39, 0.29) is 0 Å². The van der Waals surface area contributed by atoms with Crippen molar-refractivity contribution in [2.75, 3.05) is 0 Å². The van der Waals surface area contributed by atoms with E-state index in [2.05, 4.69) is 6.58 Å². The first-order valence-electron chi connectivity index (χ1n) is 3.09. The highest BCUT2D eigenvalue weighted by molar-refractivity contribution is 5.25. The van der Waals surface area contributed by atoms with Crippen molar-refractivity contribution in [3.8, 4) is 0 Å². The molecule has 0 saturated carbocycles. The maximum Gasteiger partial charge on any atom is 0.0241 e.